The van der Waals surface area contributed by atoms with Crippen molar-refractivity contribution in [1.82, 2.24) is 4.98 Å². The number of nitrogens with zero attached hydrogens (tertiary/aromatic N) is 2. The third-order valence-corrected chi connectivity index (χ3v) is 3.46. The third-order valence-electron chi connectivity index (χ3n) is 3.46. The molecule has 0 saturated heterocycles. The predicted molar refractivity (Wildman–Crippen MR) is 82.1 cm³/mol. The quantitative estimate of drug-likeness (QED) is 0.776. The predicted octanol–water partition coefficient (Wildman–Crippen LogP) is 3.62. The van der Waals surface area contributed by atoms with Crippen molar-refractivity contribution in [3.8, 4) is 0 Å². The first-order chi connectivity index (χ1) is 9.61. The summed E-state index contributed by atoms with van der Waals surface area (Å²) in [6.45, 7) is 4.79. The molecule has 104 valence electrons. The van der Waals surface area contributed by atoms with Gasteiger partial charge in [-0.25, -0.2) is 0 Å². The summed E-state index contributed by atoms with van der Waals surface area (Å²) in [5, 5.41) is 0. The van der Waals surface area contributed by atoms with E-state index >= 15 is 0 Å². The fourth-order valence-corrected chi connectivity index (χ4v) is 2.09. The SMILES string of the molecule is CCC(=O)c1ccc(N(C)Cc2ccccc2C)cn1. The van der Waals surface area contributed by atoms with Gasteiger partial charge in [-0.05, 0) is 30.2 Å². The topological polar surface area (TPSA) is 33.2 Å². The Labute approximate surface area is 120 Å². The highest BCUT2D eigenvalue weighted by Gasteiger charge is 2.07. The molecule has 0 saturated carbocycles. The minimum Gasteiger partial charge on any atom is -0.369 e. The van der Waals surface area contributed by atoms with E-state index in [2.05, 4.69) is 35.0 Å². The van der Waals surface area contributed by atoms with Gasteiger partial charge in [-0.1, -0.05) is 31.2 Å². The first-order valence-corrected chi connectivity index (χ1v) is 6.86. The van der Waals surface area contributed by atoms with Crippen LogP contribution in [0.25, 0.3) is 0 Å². The zero-order valence-electron chi connectivity index (χ0n) is 12.3. The molecule has 3 nitrogen and oxygen atoms in total. The number of anilines is 1. The maximum atomic E-state index is 11.6. The molecule has 2 aromatic rings. The highest BCUT2D eigenvalue weighted by atomic mass is 16.1. The van der Waals surface area contributed by atoms with Gasteiger partial charge in [-0.15, -0.1) is 0 Å². The molecule has 20 heavy (non-hydrogen) atoms. The molecule has 1 aromatic heterocycles. The molecule has 0 atom stereocenters. The first kappa shape index (κ1) is 14.3. The summed E-state index contributed by atoms with van der Waals surface area (Å²) in [4.78, 5) is 17.9. The maximum absolute atomic E-state index is 11.6. The van der Waals surface area contributed by atoms with Crippen molar-refractivity contribution < 1.29 is 4.79 Å². The normalized spacial score (nSPS) is 10.3. The molecule has 0 N–H and O–H groups in total. The Hall–Kier alpha value is -2.16. The summed E-state index contributed by atoms with van der Waals surface area (Å²) >= 11 is 0. The number of ketones is 1. The summed E-state index contributed by atoms with van der Waals surface area (Å²) in [6, 6.07) is 12.1. The Kier molecular flexibility index (Phi) is 4.51. The summed E-state index contributed by atoms with van der Waals surface area (Å²) < 4.78 is 0. The molecule has 0 aliphatic carbocycles. The number of aromatic nitrogens is 1. The van der Waals surface area contributed by atoms with Crippen LogP contribution in [0.4, 0.5) is 5.69 Å². The van der Waals surface area contributed by atoms with Crippen molar-refractivity contribution in [1.29, 1.82) is 0 Å². The average Bonchev–Trinajstić information content (AvgIpc) is 2.49. The summed E-state index contributed by atoms with van der Waals surface area (Å²) in [6.07, 6.45) is 2.26. The van der Waals surface area contributed by atoms with Gasteiger partial charge >= 0.3 is 0 Å². The van der Waals surface area contributed by atoms with Crippen molar-refractivity contribution >= 4 is 11.5 Å². The van der Waals surface area contributed by atoms with Crippen LogP contribution in [0.15, 0.2) is 42.6 Å². The Bertz CT molecular complexity index is 590. The van der Waals surface area contributed by atoms with Gasteiger partial charge in [0.25, 0.3) is 0 Å². The largest absolute Gasteiger partial charge is 0.369 e. The molecule has 2 rings (SSSR count). The van der Waals surface area contributed by atoms with Crippen molar-refractivity contribution in [2.24, 2.45) is 0 Å². The number of carbonyl (C=O) groups is 1. The molecule has 0 fully saturated rings. The molecule has 1 aromatic carbocycles. The van der Waals surface area contributed by atoms with E-state index in [-0.39, 0.29) is 5.78 Å². The first-order valence-electron chi connectivity index (χ1n) is 6.86. The lowest BCUT2D eigenvalue weighted by atomic mass is 10.1. The van der Waals surface area contributed by atoms with Gasteiger partial charge in [0.05, 0.1) is 11.9 Å². The molecule has 0 spiro atoms. The number of Topliss-reactive ketones (excluding diaryl/α,β-unsaturated/α-hetero) is 1. The molecule has 0 bridgehead atoms. The van der Waals surface area contributed by atoms with Crippen LogP contribution in [0, 0.1) is 6.92 Å². The van der Waals surface area contributed by atoms with Crippen LogP contribution in [0.2, 0.25) is 0 Å². The van der Waals surface area contributed by atoms with Gasteiger partial charge in [0.1, 0.15) is 5.69 Å². The van der Waals surface area contributed by atoms with Gasteiger partial charge in [0, 0.05) is 20.0 Å². The van der Waals surface area contributed by atoms with E-state index < -0.39 is 0 Å². The van der Waals surface area contributed by atoms with Crippen LogP contribution < -0.4 is 4.90 Å². The lowest BCUT2D eigenvalue weighted by Gasteiger charge is -2.20. The standard InChI is InChI=1S/C17H20N2O/c1-4-17(20)16-10-9-15(11-18-16)19(3)12-14-8-6-5-7-13(14)2/h5-11H,4,12H2,1-3H3. The highest BCUT2D eigenvalue weighted by molar-refractivity contribution is 5.94. The molecule has 3 heteroatoms. The average molecular weight is 268 g/mol. The van der Waals surface area contributed by atoms with E-state index in [1.807, 2.05) is 26.1 Å². The number of benzene rings is 1. The fraction of sp³-hybridized carbons (Fsp3) is 0.294. The molecule has 0 unspecified atom stereocenters. The van der Waals surface area contributed by atoms with E-state index in [0.717, 1.165) is 12.2 Å². The molecule has 0 amide bonds. The van der Waals surface area contributed by atoms with E-state index in [9.17, 15) is 4.79 Å². The highest BCUT2D eigenvalue weighted by Crippen LogP contribution is 2.17. The second-order valence-corrected chi connectivity index (χ2v) is 4.96. The second-order valence-electron chi connectivity index (χ2n) is 4.96. The van der Waals surface area contributed by atoms with Crippen LogP contribution in [0.3, 0.4) is 0 Å². The van der Waals surface area contributed by atoms with Gasteiger partial charge in [0.2, 0.25) is 0 Å². The Morgan fingerprint density at radius 2 is 1.95 bits per heavy atom. The van der Waals surface area contributed by atoms with E-state index in [1.165, 1.54) is 11.1 Å². The lowest BCUT2D eigenvalue weighted by Crippen LogP contribution is -2.17. The Morgan fingerprint density at radius 3 is 2.55 bits per heavy atom. The van der Waals surface area contributed by atoms with Crippen molar-refractivity contribution in [2.75, 3.05) is 11.9 Å². The molecule has 0 radical (unpaired) electrons. The fourth-order valence-electron chi connectivity index (χ4n) is 2.09. The van der Waals surface area contributed by atoms with Gasteiger partial charge in [0.15, 0.2) is 5.78 Å². The van der Waals surface area contributed by atoms with E-state index in [4.69, 9.17) is 0 Å². The van der Waals surface area contributed by atoms with E-state index in [1.54, 1.807) is 12.3 Å². The third kappa shape index (κ3) is 3.23. The van der Waals surface area contributed by atoms with Crippen molar-refractivity contribution in [3.63, 3.8) is 0 Å². The molecular weight excluding hydrogens is 248 g/mol. The summed E-state index contributed by atoms with van der Waals surface area (Å²) in [5.74, 6) is 0.0816. The lowest BCUT2D eigenvalue weighted by molar-refractivity contribution is 0.0983. The van der Waals surface area contributed by atoms with Gasteiger partial charge in [-0.3, -0.25) is 9.78 Å². The molecular formula is C17H20N2O. The van der Waals surface area contributed by atoms with Crippen molar-refractivity contribution in [2.45, 2.75) is 26.8 Å². The van der Waals surface area contributed by atoms with Crippen LogP contribution in [-0.2, 0) is 6.54 Å². The number of hydrogen-bond acceptors (Lipinski definition) is 3. The minimum absolute atomic E-state index is 0.0816. The summed E-state index contributed by atoms with van der Waals surface area (Å²) in [5.41, 5.74) is 4.13. The second kappa shape index (κ2) is 6.33. The number of carbonyl (C=O) groups excluding carboxylic acids is 1. The van der Waals surface area contributed by atoms with Crippen LogP contribution >= 0.6 is 0 Å². The number of rotatable bonds is 5. The van der Waals surface area contributed by atoms with Gasteiger partial charge in [-0.2, -0.15) is 0 Å². The van der Waals surface area contributed by atoms with E-state index in [0.29, 0.717) is 12.1 Å². The molecule has 0 aliphatic heterocycles. The summed E-state index contributed by atoms with van der Waals surface area (Å²) in [7, 11) is 2.03. The Balaban J connectivity index is 2.12. The smallest absolute Gasteiger partial charge is 0.180 e. The monoisotopic (exact) mass is 268 g/mol. The molecule has 0 aliphatic rings. The zero-order valence-corrected chi connectivity index (χ0v) is 12.3. The molecule has 1 heterocycles. The van der Waals surface area contributed by atoms with Crippen LogP contribution in [0.5, 0.6) is 0 Å². The number of hydrogen-bond donors (Lipinski definition) is 0. The minimum atomic E-state index is 0.0816. The Morgan fingerprint density at radius 1 is 1.20 bits per heavy atom. The van der Waals surface area contributed by atoms with Crippen LogP contribution in [-0.4, -0.2) is 17.8 Å². The van der Waals surface area contributed by atoms with Gasteiger partial charge < -0.3 is 4.90 Å². The van der Waals surface area contributed by atoms with Crippen LogP contribution in [0.1, 0.15) is 35.0 Å². The number of pyridine rings is 1. The maximum Gasteiger partial charge on any atom is 0.180 e. The zero-order chi connectivity index (χ0) is 14.5. The van der Waals surface area contributed by atoms with Crippen molar-refractivity contribution in [3.05, 3.63) is 59.4 Å². The number of aryl methyl sites for hydroxylation is 1.